The van der Waals surface area contributed by atoms with E-state index in [4.69, 9.17) is 5.26 Å². The number of alkyl halides is 3. The molecule has 9 heteroatoms. The molecular weight excluding hydrogens is 399 g/mol. The van der Waals surface area contributed by atoms with Crippen LogP contribution in [0.1, 0.15) is 36.1 Å². The molecule has 0 aliphatic heterocycles. The molecular formula is C21H20F3N3O3. The Bertz CT molecular complexity index is 951. The third-order valence-electron chi connectivity index (χ3n) is 4.02. The molecule has 6 nitrogen and oxygen atoms in total. The summed E-state index contributed by atoms with van der Waals surface area (Å²) in [5.74, 6) is -0.975. The molecule has 30 heavy (non-hydrogen) atoms. The van der Waals surface area contributed by atoms with Crippen LogP contribution in [0.4, 0.5) is 18.9 Å². The Hall–Kier alpha value is -3.54. The van der Waals surface area contributed by atoms with Gasteiger partial charge in [-0.1, -0.05) is 29.8 Å². The lowest BCUT2D eigenvalue weighted by molar-refractivity contribution is -0.153. The number of amides is 2. The summed E-state index contributed by atoms with van der Waals surface area (Å²) in [5.41, 5.74) is 1.86. The summed E-state index contributed by atoms with van der Waals surface area (Å²) in [6.45, 7) is 1.74. The van der Waals surface area contributed by atoms with Crippen LogP contribution >= 0.6 is 0 Å². The van der Waals surface area contributed by atoms with Crippen molar-refractivity contribution in [3.8, 4) is 11.8 Å². The second-order valence-electron chi connectivity index (χ2n) is 6.64. The van der Waals surface area contributed by atoms with Crippen molar-refractivity contribution >= 4 is 17.5 Å². The fourth-order valence-corrected chi connectivity index (χ4v) is 2.67. The predicted molar refractivity (Wildman–Crippen MR) is 104 cm³/mol. The van der Waals surface area contributed by atoms with Gasteiger partial charge in [0.15, 0.2) is 6.61 Å². The number of aryl methyl sites for hydroxylation is 1. The van der Waals surface area contributed by atoms with E-state index in [-0.39, 0.29) is 29.3 Å². The molecule has 0 aliphatic rings. The maximum absolute atomic E-state index is 12.5. The molecule has 0 spiro atoms. The van der Waals surface area contributed by atoms with Crippen molar-refractivity contribution in [3.63, 3.8) is 0 Å². The number of benzene rings is 2. The fraction of sp³-hybridized carbons (Fsp3) is 0.286. The topological polar surface area (TPSA) is 91.2 Å². The number of nitrogens with zero attached hydrogens (tertiary/aromatic N) is 1. The molecule has 158 valence electrons. The van der Waals surface area contributed by atoms with E-state index in [1.165, 1.54) is 25.1 Å². The minimum Gasteiger partial charge on any atom is -0.483 e. The first kappa shape index (κ1) is 22.7. The second kappa shape index (κ2) is 9.78. The summed E-state index contributed by atoms with van der Waals surface area (Å²) in [7, 11) is 0. The Morgan fingerprint density at radius 3 is 2.40 bits per heavy atom. The Balaban J connectivity index is 2.10. The van der Waals surface area contributed by atoms with Gasteiger partial charge in [-0.15, -0.1) is 0 Å². The summed E-state index contributed by atoms with van der Waals surface area (Å²) in [4.78, 5) is 24.0. The van der Waals surface area contributed by atoms with Gasteiger partial charge in [0.25, 0.3) is 0 Å². The standard InChI is InChI=1S/C21H20F3N3O3/c1-13-3-5-15(6-4-13)18(26-14(2)28)10-20(29)27-17-7-8-19(16(9-17)11-25)30-12-21(22,23)24/h3-9,18H,10,12H2,1-2H3,(H,26,28)(H,27,29). The third kappa shape index (κ3) is 7.13. The van der Waals surface area contributed by atoms with Crippen LogP contribution in [-0.2, 0) is 9.59 Å². The molecule has 0 aromatic heterocycles. The highest BCUT2D eigenvalue weighted by Gasteiger charge is 2.29. The summed E-state index contributed by atoms with van der Waals surface area (Å²) < 4.78 is 41.5. The second-order valence-corrected chi connectivity index (χ2v) is 6.64. The largest absolute Gasteiger partial charge is 0.483 e. The van der Waals surface area contributed by atoms with E-state index < -0.39 is 24.7 Å². The number of nitriles is 1. The molecule has 0 radical (unpaired) electrons. The van der Waals surface area contributed by atoms with E-state index in [9.17, 15) is 22.8 Å². The van der Waals surface area contributed by atoms with Crippen LogP contribution in [0, 0.1) is 18.3 Å². The lowest BCUT2D eigenvalue weighted by Crippen LogP contribution is -2.29. The van der Waals surface area contributed by atoms with Gasteiger partial charge >= 0.3 is 6.18 Å². The molecule has 1 atom stereocenters. The van der Waals surface area contributed by atoms with E-state index in [2.05, 4.69) is 15.4 Å². The minimum absolute atomic E-state index is 0.0726. The minimum atomic E-state index is -4.53. The van der Waals surface area contributed by atoms with Gasteiger partial charge in [0.1, 0.15) is 11.8 Å². The number of carbonyl (C=O) groups excluding carboxylic acids is 2. The van der Waals surface area contributed by atoms with Crippen LogP contribution in [-0.4, -0.2) is 24.6 Å². The molecule has 0 aliphatic carbocycles. The van der Waals surface area contributed by atoms with Crippen molar-refractivity contribution < 1.29 is 27.5 Å². The molecule has 2 N–H and O–H groups in total. The lowest BCUT2D eigenvalue weighted by atomic mass is 10.0. The number of rotatable bonds is 7. The van der Waals surface area contributed by atoms with Crippen LogP contribution in [0.25, 0.3) is 0 Å². The molecule has 1 unspecified atom stereocenters. The first-order chi connectivity index (χ1) is 14.1. The molecule has 0 bridgehead atoms. The number of halogens is 3. The molecule has 2 rings (SSSR count). The highest BCUT2D eigenvalue weighted by Crippen LogP contribution is 2.25. The SMILES string of the molecule is CC(=O)NC(CC(=O)Nc1ccc(OCC(F)(F)F)c(C#N)c1)c1ccc(C)cc1. The van der Waals surface area contributed by atoms with Gasteiger partial charge in [-0.25, -0.2) is 0 Å². The zero-order valence-electron chi connectivity index (χ0n) is 16.3. The molecule has 0 saturated carbocycles. The van der Waals surface area contributed by atoms with Crippen LogP contribution < -0.4 is 15.4 Å². The average molecular weight is 419 g/mol. The zero-order chi connectivity index (χ0) is 22.3. The zero-order valence-corrected chi connectivity index (χ0v) is 16.3. The summed E-state index contributed by atoms with van der Waals surface area (Å²) >= 11 is 0. The number of carbonyl (C=O) groups is 2. The van der Waals surface area contributed by atoms with Crippen molar-refractivity contribution in [2.24, 2.45) is 0 Å². The molecule has 2 aromatic carbocycles. The van der Waals surface area contributed by atoms with Crippen molar-refractivity contribution in [2.75, 3.05) is 11.9 Å². The normalized spacial score (nSPS) is 11.9. The van der Waals surface area contributed by atoms with Crippen LogP contribution in [0.3, 0.4) is 0 Å². The van der Waals surface area contributed by atoms with E-state index in [0.29, 0.717) is 0 Å². The highest BCUT2D eigenvalue weighted by molar-refractivity contribution is 5.92. The maximum atomic E-state index is 12.5. The third-order valence-corrected chi connectivity index (χ3v) is 4.02. The molecule has 0 saturated heterocycles. The highest BCUT2D eigenvalue weighted by atomic mass is 19.4. The van der Waals surface area contributed by atoms with E-state index in [0.717, 1.165) is 11.1 Å². The van der Waals surface area contributed by atoms with Gasteiger partial charge < -0.3 is 15.4 Å². The Morgan fingerprint density at radius 2 is 1.83 bits per heavy atom. The van der Waals surface area contributed by atoms with Gasteiger partial charge in [-0.2, -0.15) is 18.4 Å². The van der Waals surface area contributed by atoms with Crippen LogP contribution in [0.15, 0.2) is 42.5 Å². The van der Waals surface area contributed by atoms with Crippen molar-refractivity contribution in [1.29, 1.82) is 5.26 Å². The number of anilines is 1. The van der Waals surface area contributed by atoms with Crippen molar-refractivity contribution in [2.45, 2.75) is 32.5 Å². The van der Waals surface area contributed by atoms with Gasteiger partial charge in [-0.05, 0) is 30.7 Å². The number of nitrogens with one attached hydrogen (secondary N) is 2. The lowest BCUT2D eigenvalue weighted by Gasteiger charge is -2.18. The van der Waals surface area contributed by atoms with Crippen molar-refractivity contribution in [3.05, 3.63) is 59.2 Å². The average Bonchev–Trinajstić information content (AvgIpc) is 2.65. The number of ether oxygens (including phenoxy) is 1. The number of hydrogen-bond donors (Lipinski definition) is 2. The van der Waals surface area contributed by atoms with Gasteiger partial charge in [0.05, 0.1) is 18.0 Å². The Kier molecular flexibility index (Phi) is 7.42. The first-order valence-electron chi connectivity index (χ1n) is 8.94. The van der Waals surface area contributed by atoms with E-state index in [1.807, 2.05) is 31.2 Å². The van der Waals surface area contributed by atoms with Crippen molar-refractivity contribution in [1.82, 2.24) is 5.32 Å². The molecule has 2 amide bonds. The number of hydrogen-bond acceptors (Lipinski definition) is 4. The predicted octanol–water partition coefficient (Wildman–Crippen LogP) is 4.01. The molecule has 0 fully saturated rings. The Labute approximate surface area is 171 Å². The Morgan fingerprint density at radius 1 is 1.17 bits per heavy atom. The summed E-state index contributed by atoms with van der Waals surface area (Å²) in [6.07, 6.45) is -4.61. The maximum Gasteiger partial charge on any atom is 0.422 e. The van der Waals surface area contributed by atoms with E-state index >= 15 is 0 Å². The van der Waals surface area contributed by atoms with Gasteiger partial charge in [0.2, 0.25) is 11.8 Å². The monoisotopic (exact) mass is 419 g/mol. The smallest absolute Gasteiger partial charge is 0.422 e. The molecule has 2 aromatic rings. The van der Waals surface area contributed by atoms with Crippen LogP contribution in [0.2, 0.25) is 0 Å². The first-order valence-corrected chi connectivity index (χ1v) is 8.94. The van der Waals surface area contributed by atoms with E-state index in [1.54, 1.807) is 6.07 Å². The fourth-order valence-electron chi connectivity index (χ4n) is 2.67. The van der Waals surface area contributed by atoms with Gasteiger partial charge in [0, 0.05) is 12.6 Å². The summed E-state index contributed by atoms with van der Waals surface area (Å²) in [6, 6.07) is 12.3. The molecule has 0 heterocycles. The van der Waals surface area contributed by atoms with Crippen LogP contribution in [0.5, 0.6) is 5.75 Å². The quantitative estimate of drug-likeness (QED) is 0.709. The van der Waals surface area contributed by atoms with Gasteiger partial charge in [-0.3, -0.25) is 9.59 Å². The summed E-state index contributed by atoms with van der Waals surface area (Å²) in [5, 5.41) is 14.4.